The van der Waals surface area contributed by atoms with Crippen LogP contribution in [0.4, 0.5) is 10.5 Å². The van der Waals surface area contributed by atoms with E-state index in [4.69, 9.17) is 4.74 Å². The molecular weight excluding hydrogens is 415 g/mol. The molecule has 0 saturated carbocycles. The van der Waals surface area contributed by atoms with Gasteiger partial charge < -0.3 is 15.0 Å². The minimum Gasteiger partial charge on any atom is -0.444 e. The molecule has 0 aliphatic carbocycles. The molecule has 1 unspecified atom stereocenters. The number of halogens is 1. The molecule has 1 atom stereocenters. The second-order valence-electron chi connectivity index (χ2n) is 8.34. The van der Waals surface area contributed by atoms with E-state index in [0.717, 1.165) is 18.7 Å². The van der Waals surface area contributed by atoms with Gasteiger partial charge in [-0.3, -0.25) is 0 Å². The van der Waals surface area contributed by atoms with Crippen molar-refractivity contribution < 1.29 is 9.53 Å². The predicted octanol–water partition coefficient (Wildman–Crippen LogP) is 5.05. The van der Waals surface area contributed by atoms with Crippen LogP contribution in [0, 0.1) is 15.9 Å². The molecule has 0 spiro atoms. The third kappa shape index (κ3) is 5.01. The molecule has 1 heterocycles. The number of likely N-dealkylation sites (tertiary alicyclic amines) is 1. The fourth-order valence-electron chi connectivity index (χ4n) is 2.99. The minimum absolute atomic E-state index is 0.0223. The Balaban J connectivity index is 2.03. The standard InChI is InChI=1S/C19H29IN2O2/c1-13-7-8-14(11-15(13)20)21-16-9-10-22(12-19(16,5)6)17(23)24-18(2,3)4/h7-8,11,16,21H,9-10,12H2,1-6H3. The topological polar surface area (TPSA) is 41.6 Å². The van der Waals surface area contributed by atoms with Crippen molar-refractivity contribution >= 4 is 34.4 Å². The average Bonchev–Trinajstić information content (AvgIpc) is 2.42. The lowest BCUT2D eigenvalue weighted by Gasteiger charge is -2.45. The molecule has 1 aromatic carbocycles. The van der Waals surface area contributed by atoms with Crippen LogP contribution in [-0.4, -0.2) is 35.7 Å². The summed E-state index contributed by atoms with van der Waals surface area (Å²) in [4.78, 5) is 14.2. The number of anilines is 1. The lowest BCUT2D eigenvalue weighted by atomic mass is 9.79. The summed E-state index contributed by atoms with van der Waals surface area (Å²) in [6, 6.07) is 6.79. The lowest BCUT2D eigenvalue weighted by Crippen LogP contribution is -2.54. The molecule has 1 fully saturated rings. The number of nitrogens with one attached hydrogen (secondary N) is 1. The molecule has 1 aliphatic heterocycles. The molecule has 0 aromatic heterocycles. The Morgan fingerprint density at radius 2 is 2.04 bits per heavy atom. The largest absolute Gasteiger partial charge is 0.444 e. The van der Waals surface area contributed by atoms with Crippen LogP contribution in [0.1, 0.15) is 46.6 Å². The zero-order valence-corrected chi connectivity index (χ0v) is 17.7. The highest BCUT2D eigenvalue weighted by Gasteiger charge is 2.38. The lowest BCUT2D eigenvalue weighted by molar-refractivity contribution is 0.00691. The van der Waals surface area contributed by atoms with E-state index >= 15 is 0 Å². The van der Waals surface area contributed by atoms with E-state index in [0.29, 0.717) is 12.6 Å². The summed E-state index contributed by atoms with van der Waals surface area (Å²) in [5.41, 5.74) is 1.97. The van der Waals surface area contributed by atoms with Crippen LogP contribution in [0.2, 0.25) is 0 Å². The van der Waals surface area contributed by atoms with E-state index in [-0.39, 0.29) is 11.5 Å². The van der Waals surface area contributed by atoms with Gasteiger partial charge >= 0.3 is 6.09 Å². The Labute approximate surface area is 159 Å². The van der Waals surface area contributed by atoms with Crippen molar-refractivity contribution in [2.75, 3.05) is 18.4 Å². The first-order chi connectivity index (χ1) is 11.0. The second kappa shape index (κ2) is 7.10. The smallest absolute Gasteiger partial charge is 0.410 e. The number of amides is 1. The zero-order chi connectivity index (χ0) is 18.1. The highest BCUT2D eigenvalue weighted by molar-refractivity contribution is 14.1. The highest BCUT2D eigenvalue weighted by Crippen LogP contribution is 2.33. The van der Waals surface area contributed by atoms with E-state index in [1.807, 2.05) is 25.7 Å². The maximum atomic E-state index is 12.3. The van der Waals surface area contributed by atoms with Crippen molar-refractivity contribution in [1.29, 1.82) is 0 Å². The maximum Gasteiger partial charge on any atom is 0.410 e. The van der Waals surface area contributed by atoms with E-state index in [9.17, 15) is 4.79 Å². The van der Waals surface area contributed by atoms with Gasteiger partial charge in [-0.1, -0.05) is 19.9 Å². The third-order valence-corrected chi connectivity index (χ3v) is 5.56. The molecule has 0 radical (unpaired) electrons. The molecular formula is C19H29IN2O2. The molecule has 5 heteroatoms. The Hall–Kier alpha value is -0.980. The van der Waals surface area contributed by atoms with E-state index in [2.05, 4.69) is 66.9 Å². The summed E-state index contributed by atoms with van der Waals surface area (Å²) >= 11 is 2.37. The Bertz CT molecular complexity index is 608. The SMILES string of the molecule is Cc1ccc(NC2CCN(C(=O)OC(C)(C)C)CC2(C)C)cc1I. The number of ether oxygens (including phenoxy) is 1. The number of hydrogen-bond donors (Lipinski definition) is 1. The quantitative estimate of drug-likeness (QED) is 0.650. The number of aryl methyl sites for hydroxylation is 1. The third-order valence-electron chi connectivity index (χ3n) is 4.39. The van der Waals surface area contributed by atoms with Gasteiger partial charge in [-0.05, 0) is 74.4 Å². The number of nitrogens with zero attached hydrogens (tertiary/aromatic N) is 1. The summed E-state index contributed by atoms with van der Waals surface area (Å²) in [5, 5.41) is 3.66. The molecule has 1 aliphatic rings. The van der Waals surface area contributed by atoms with Crippen molar-refractivity contribution in [3.8, 4) is 0 Å². The number of piperidine rings is 1. The van der Waals surface area contributed by atoms with Crippen LogP contribution in [0.3, 0.4) is 0 Å². The Morgan fingerprint density at radius 3 is 2.58 bits per heavy atom. The first-order valence-electron chi connectivity index (χ1n) is 8.48. The van der Waals surface area contributed by atoms with Crippen LogP contribution in [0.5, 0.6) is 0 Å². The summed E-state index contributed by atoms with van der Waals surface area (Å²) in [6.45, 7) is 13.7. The molecule has 2 rings (SSSR count). The van der Waals surface area contributed by atoms with Crippen LogP contribution < -0.4 is 5.32 Å². The van der Waals surface area contributed by atoms with Gasteiger partial charge in [-0.15, -0.1) is 0 Å². The van der Waals surface area contributed by atoms with Crippen molar-refractivity contribution in [2.45, 2.75) is 59.6 Å². The predicted molar refractivity (Wildman–Crippen MR) is 108 cm³/mol. The van der Waals surface area contributed by atoms with Crippen molar-refractivity contribution in [2.24, 2.45) is 5.41 Å². The molecule has 134 valence electrons. The number of carbonyl (C=O) groups excluding carboxylic acids is 1. The van der Waals surface area contributed by atoms with Crippen LogP contribution in [0.25, 0.3) is 0 Å². The minimum atomic E-state index is -0.449. The van der Waals surface area contributed by atoms with E-state index in [1.165, 1.54) is 9.13 Å². The Kier molecular flexibility index (Phi) is 5.72. The monoisotopic (exact) mass is 444 g/mol. The van der Waals surface area contributed by atoms with Crippen LogP contribution in [-0.2, 0) is 4.74 Å². The normalized spacial score (nSPS) is 20.6. The highest BCUT2D eigenvalue weighted by atomic mass is 127. The molecule has 1 N–H and O–H groups in total. The van der Waals surface area contributed by atoms with Crippen molar-refractivity contribution in [1.82, 2.24) is 4.90 Å². The van der Waals surface area contributed by atoms with Crippen molar-refractivity contribution in [3.05, 3.63) is 27.3 Å². The molecule has 0 bridgehead atoms. The first-order valence-corrected chi connectivity index (χ1v) is 9.56. The van der Waals surface area contributed by atoms with Gasteiger partial charge in [0.15, 0.2) is 0 Å². The van der Waals surface area contributed by atoms with E-state index < -0.39 is 5.60 Å². The first kappa shape index (κ1) is 19.3. The maximum absolute atomic E-state index is 12.3. The van der Waals surface area contributed by atoms with Gasteiger partial charge in [-0.25, -0.2) is 4.79 Å². The zero-order valence-electron chi connectivity index (χ0n) is 15.6. The fraction of sp³-hybridized carbons (Fsp3) is 0.632. The summed E-state index contributed by atoms with van der Waals surface area (Å²) in [6.07, 6.45) is 0.704. The summed E-state index contributed by atoms with van der Waals surface area (Å²) < 4.78 is 6.78. The van der Waals surface area contributed by atoms with Crippen molar-refractivity contribution in [3.63, 3.8) is 0 Å². The van der Waals surface area contributed by atoms with Gasteiger partial charge in [0.1, 0.15) is 5.60 Å². The molecule has 1 amide bonds. The fourth-order valence-corrected chi connectivity index (χ4v) is 3.51. The number of carbonyl (C=O) groups is 1. The van der Waals surface area contributed by atoms with E-state index in [1.54, 1.807) is 0 Å². The van der Waals surface area contributed by atoms with Gasteiger partial charge in [0, 0.05) is 33.8 Å². The molecule has 4 nitrogen and oxygen atoms in total. The molecule has 1 aromatic rings. The van der Waals surface area contributed by atoms with Gasteiger partial charge in [0.2, 0.25) is 0 Å². The number of benzene rings is 1. The van der Waals surface area contributed by atoms with Gasteiger partial charge in [0.25, 0.3) is 0 Å². The Morgan fingerprint density at radius 1 is 1.38 bits per heavy atom. The van der Waals surface area contributed by atoms with Crippen LogP contribution >= 0.6 is 22.6 Å². The van der Waals surface area contributed by atoms with Crippen LogP contribution in [0.15, 0.2) is 18.2 Å². The van der Waals surface area contributed by atoms with Gasteiger partial charge in [-0.2, -0.15) is 0 Å². The molecule has 24 heavy (non-hydrogen) atoms. The summed E-state index contributed by atoms with van der Waals surface area (Å²) in [7, 11) is 0. The number of rotatable bonds is 2. The second-order valence-corrected chi connectivity index (χ2v) is 9.50. The summed E-state index contributed by atoms with van der Waals surface area (Å²) in [5.74, 6) is 0. The molecule has 1 saturated heterocycles. The van der Waals surface area contributed by atoms with Gasteiger partial charge in [0.05, 0.1) is 0 Å². The average molecular weight is 444 g/mol. The number of hydrogen-bond acceptors (Lipinski definition) is 3.